The minimum Gasteiger partial charge on any atom is -0.412 e. The molecular weight excluding hydrogens is 484 g/mol. The largest absolute Gasteiger partial charge is 0.412 e. The van der Waals surface area contributed by atoms with Gasteiger partial charge in [-0.3, -0.25) is 9.48 Å². The second kappa shape index (κ2) is 8.36. The molecule has 1 aliphatic rings. The topological polar surface area (TPSA) is 112 Å². The predicted octanol–water partition coefficient (Wildman–Crippen LogP) is 2.91. The van der Waals surface area contributed by atoms with Crippen molar-refractivity contribution in [2.75, 3.05) is 6.54 Å². The summed E-state index contributed by atoms with van der Waals surface area (Å²) in [6.45, 7) is 4.45. The van der Waals surface area contributed by atoms with Crippen molar-refractivity contribution in [3.63, 3.8) is 0 Å². The van der Waals surface area contributed by atoms with Gasteiger partial charge in [0.05, 0.1) is 40.8 Å². The monoisotopic (exact) mass is 507 g/mol. The van der Waals surface area contributed by atoms with Gasteiger partial charge in [0.15, 0.2) is 0 Å². The highest BCUT2D eigenvalue weighted by Crippen LogP contribution is 2.36. The lowest BCUT2D eigenvalue weighted by atomic mass is 9.99. The van der Waals surface area contributed by atoms with Crippen LogP contribution in [0.15, 0.2) is 47.4 Å². The summed E-state index contributed by atoms with van der Waals surface area (Å²) in [5.41, 5.74) is 5.17. The molecule has 0 saturated carbocycles. The number of carbonyl (C=O) groups excluding carboxylic acids is 1. The first-order valence-electron chi connectivity index (χ1n) is 11.1. The first kappa shape index (κ1) is 22.1. The van der Waals surface area contributed by atoms with E-state index in [-0.39, 0.29) is 23.5 Å². The van der Waals surface area contributed by atoms with E-state index in [1.807, 2.05) is 47.0 Å². The molecule has 6 heterocycles. The number of imidazole rings is 1. The van der Waals surface area contributed by atoms with Gasteiger partial charge in [-0.05, 0) is 41.4 Å². The highest BCUT2D eigenvalue weighted by atomic mass is 31.0. The van der Waals surface area contributed by atoms with Gasteiger partial charge < -0.3 is 13.7 Å². The van der Waals surface area contributed by atoms with E-state index in [0.29, 0.717) is 18.5 Å². The van der Waals surface area contributed by atoms with Crippen LogP contribution in [0.4, 0.5) is 0 Å². The van der Waals surface area contributed by atoms with Gasteiger partial charge in [0, 0.05) is 30.6 Å². The fraction of sp³-hybridized carbons (Fsp3) is 0.273. The Hall–Kier alpha value is -3.42. The van der Waals surface area contributed by atoms with Gasteiger partial charge in [-0.1, -0.05) is 6.07 Å². The normalized spacial score (nSPS) is 16.6. The summed E-state index contributed by atoms with van der Waals surface area (Å²) in [7, 11) is 5.32. The maximum atomic E-state index is 13.7. The first-order valence-corrected chi connectivity index (χ1v) is 12.3. The standard InChI is InChI=1S/C22H23N9O2P2/c1-12-4-3-5-15-8-16(27-31(12)15)19-18-17(30(35)11-23-18)6-7-28(19)22(32)21-26-25-20(33-21)14-9-24-29(10-14)13(2)34/h3-5,8-11,13,19H,6-7,34-35H2,1-2H3/t13?,19-/m1/s1. The van der Waals surface area contributed by atoms with E-state index in [1.165, 1.54) is 0 Å². The summed E-state index contributed by atoms with van der Waals surface area (Å²) in [5, 5.41) is 17.3. The number of fused-ring (bicyclic) bond motifs is 2. The van der Waals surface area contributed by atoms with Gasteiger partial charge >= 0.3 is 11.8 Å². The molecule has 0 aliphatic carbocycles. The zero-order valence-electron chi connectivity index (χ0n) is 19.1. The Kier molecular flexibility index (Phi) is 5.27. The second-order valence-corrected chi connectivity index (χ2v) is 10.1. The second-order valence-electron chi connectivity index (χ2n) is 8.57. The van der Waals surface area contributed by atoms with E-state index < -0.39 is 6.04 Å². The fourth-order valence-electron chi connectivity index (χ4n) is 4.43. The summed E-state index contributed by atoms with van der Waals surface area (Å²) in [5.74, 6) is -0.0811. The molecule has 1 aliphatic heterocycles. The first-order chi connectivity index (χ1) is 16.9. The fourth-order valence-corrected chi connectivity index (χ4v) is 4.93. The summed E-state index contributed by atoms with van der Waals surface area (Å²) in [6.07, 6.45) is 5.84. The van der Waals surface area contributed by atoms with E-state index in [0.717, 1.165) is 28.3 Å². The molecule has 5 aromatic rings. The van der Waals surface area contributed by atoms with E-state index in [2.05, 4.69) is 38.9 Å². The third kappa shape index (κ3) is 3.66. The van der Waals surface area contributed by atoms with Crippen LogP contribution in [0, 0.1) is 6.92 Å². The molecule has 4 atom stereocenters. The van der Waals surface area contributed by atoms with Crippen molar-refractivity contribution >= 4 is 30.1 Å². The Bertz CT molecular complexity index is 1560. The average molecular weight is 507 g/mol. The van der Waals surface area contributed by atoms with E-state index in [9.17, 15) is 4.79 Å². The molecule has 35 heavy (non-hydrogen) atoms. The highest BCUT2D eigenvalue weighted by Gasteiger charge is 2.38. The van der Waals surface area contributed by atoms with Crippen LogP contribution in [0.5, 0.6) is 0 Å². The number of pyridine rings is 1. The number of aromatic nitrogens is 8. The third-order valence-corrected chi connectivity index (χ3v) is 6.95. The van der Waals surface area contributed by atoms with Crippen LogP contribution >= 0.6 is 18.6 Å². The number of amides is 1. The minimum atomic E-state index is -0.483. The summed E-state index contributed by atoms with van der Waals surface area (Å²) in [6, 6.07) is 7.49. The van der Waals surface area contributed by atoms with Crippen LogP contribution in [0.2, 0.25) is 0 Å². The van der Waals surface area contributed by atoms with Crippen molar-refractivity contribution in [2.24, 2.45) is 0 Å². The van der Waals surface area contributed by atoms with Crippen LogP contribution < -0.4 is 0 Å². The third-order valence-electron chi connectivity index (χ3n) is 6.20. The molecule has 0 fully saturated rings. The molecule has 1 amide bonds. The summed E-state index contributed by atoms with van der Waals surface area (Å²) in [4.78, 5) is 20.0. The van der Waals surface area contributed by atoms with E-state index >= 15 is 0 Å². The lowest BCUT2D eigenvalue weighted by Crippen LogP contribution is -2.41. The predicted molar refractivity (Wildman–Crippen MR) is 134 cm³/mol. The Morgan fingerprint density at radius 3 is 2.91 bits per heavy atom. The van der Waals surface area contributed by atoms with Crippen LogP contribution in [-0.2, 0) is 6.42 Å². The van der Waals surface area contributed by atoms with Crippen molar-refractivity contribution in [3.8, 4) is 11.5 Å². The Morgan fingerprint density at radius 1 is 1.29 bits per heavy atom. The van der Waals surface area contributed by atoms with Crippen LogP contribution in [-0.4, -0.2) is 56.3 Å². The van der Waals surface area contributed by atoms with Gasteiger partial charge in [-0.25, -0.2) is 9.50 Å². The van der Waals surface area contributed by atoms with Crippen molar-refractivity contribution in [1.29, 1.82) is 0 Å². The molecule has 0 radical (unpaired) electrons. The average Bonchev–Trinajstić information content (AvgIpc) is 3.63. The molecule has 0 N–H and O–H groups in total. The number of hydrogen-bond donors (Lipinski definition) is 0. The molecule has 5 aromatic heterocycles. The molecule has 13 heteroatoms. The van der Waals surface area contributed by atoms with Gasteiger partial charge in [-0.15, -0.1) is 19.4 Å². The number of aryl methyl sites for hydroxylation is 1. The highest BCUT2D eigenvalue weighted by molar-refractivity contribution is 7.16. The zero-order valence-corrected chi connectivity index (χ0v) is 21.4. The summed E-state index contributed by atoms with van der Waals surface area (Å²) >= 11 is 0. The van der Waals surface area contributed by atoms with Gasteiger partial charge in [0.2, 0.25) is 0 Å². The molecule has 178 valence electrons. The van der Waals surface area contributed by atoms with Gasteiger partial charge in [-0.2, -0.15) is 10.2 Å². The lowest BCUT2D eigenvalue weighted by Gasteiger charge is -2.33. The van der Waals surface area contributed by atoms with E-state index in [4.69, 9.17) is 9.52 Å². The molecule has 0 saturated heterocycles. The minimum absolute atomic E-state index is 0.0784. The van der Waals surface area contributed by atoms with E-state index in [1.54, 1.807) is 28.3 Å². The number of carbonyl (C=O) groups is 1. The quantitative estimate of drug-likeness (QED) is 0.344. The number of nitrogens with zero attached hydrogens (tertiary/aromatic N) is 9. The number of rotatable bonds is 4. The Morgan fingerprint density at radius 2 is 2.14 bits per heavy atom. The van der Waals surface area contributed by atoms with Crippen molar-refractivity contribution in [2.45, 2.75) is 32.1 Å². The summed E-state index contributed by atoms with van der Waals surface area (Å²) < 4.78 is 11.4. The molecule has 6 rings (SSSR count). The molecule has 0 bridgehead atoms. The smallest absolute Gasteiger partial charge is 0.312 e. The van der Waals surface area contributed by atoms with Gasteiger partial charge in [0.25, 0.3) is 5.89 Å². The molecule has 3 unspecified atom stereocenters. The molecule has 0 spiro atoms. The molecule has 11 nitrogen and oxygen atoms in total. The molecule has 0 aromatic carbocycles. The Labute approximate surface area is 205 Å². The van der Waals surface area contributed by atoms with Crippen molar-refractivity contribution in [3.05, 3.63) is 71.7 Å². The SMILES string of the molecule is Cc1cccc2cc([C@@H]3c4ncn(P)c4CCN3C(=O)c3nnc(-c4cnn(C(C)P)c4)o3)nn12. The number of hydrogen-bond acceptors (Lipinski definition) is 7. The van der Waals surface area contributed by atoms with Crippen LogP contribution in [0.25, 0.3) is 17.0 Å². The lowest BCUT2D eigenvalue weighted by molar-refractivity contribution is 0.0646. The van der Waals surface area contributed by atoms with Crippen molar-refractivity contribution < 1.29 is 9.21 Å². The van der Waals surface area contributed by atoms with Crippen LogP contribution in [0.3, 0.4) is 0 Å². The van der Waals surface area contributed by atoms with Crippen LogP contribution in [0.1, 0.15) is 52.2 Å². The maximum Gasteiger partial charge on any atom is 0.312 e. The zero-order chi connectivity index (χ0) is 24.3. The van der Waals surface area contributed by atoms with Crippen molar-refractivity contribution in [1.82, 2.24) is 43.8 Å². The maximum absolute atomic E-state index is 13.7. The van der Waals surface area contributed by atoms with Gasteiger partial charge in [0.1, 0.15) is 6.04 Å². The molecular formula is C22H23N9O2P2. The Balaban J connectivity index is 1.39.